The van der Waals surface area contributed by atoms with Gasteiger partial charge in [0, 0.05) is 50.7 Å². The van der Waals surface area contributed by atoms with Crippen molar-refractivity contribution < 1.29 is 14.1 Å². The summed E-state index contributed by atoms with van der Waals surface area (Å²) >= 11 is 0. The highest BCUT2D eigenvalue weighted by Gasteiger charge is 2.23. The van der Waals surface area contributed by atoms with Gasteiger partial charge in [0.2, 0.25) is 17.7 Å². The first-order chi connectivity index (χ1) is 15.0. The van der Waals surface area contributed by atoms with Crippen molar-refractivity contribution in [2.75, 3.05) is 31.1 Å². The lowest BCUT2D eigenvalue weighted by atomic mass is 10.1. The summed E-state index contributed by atoms with van der Waals surface area (Å²) in [6, 6.07) is 10.9. The lowest BCUT2D eigenvalue weighted by molar-refractivity contribution is -0.385. The van der Waals surface area contributed by atoms with E-state index in [1.807, 2.05) is 36.1 Å². The van der Waals surface area contributed by atoms with E-state index < -0.39 is 4.92 Å². The molecule has 31 heavy (non-hydrogen) atoms. The van der Waals surface area contributed by atoms with Gasteiger partial charge in [0.25, 0.3) is 5.69 Å². The van der Waals surface area contributed by atoms with Crippen LogP contribution in [0.2, 0.25) is 0 Å². The summed E-state index contributed by atoms with van der Waals surface area (Å²) in [6.45, 7) is 4.38. The van der Waals surface area contributed by atoms with E-state index >= 15 is 0 Å². The van der Waals surface area contributed by atoms with E-state index in [0.29, 0.717) is 56.6 Å². The summed E-state index contributed by atoms with van der Waals surface area (Å²) in [5, 5.41) is 18.9. The Labute approximate surface area is 178 Å². The molecule has 0 aliphatic carbocycles. The molecule has 1 aromatic carbocycles. The molecule has 0 spiro atoms. The van der Waals surface area contributed by atoms with Gasteiger partial charge in [0.1, 0.15) is 12.0 Å². The molecule has 1 aliphatic rings. The number of nitro groups is 1. The minimum atomic E-state index is -0.472. The monoisotopic (exact) mass is 422 g/mol. The van der Waals surface area contributed by atoms with E-state index in [4.69, 9.17) is 4.42 Å². The van der Waals surface area contributed by atoms with E-state index in [0.717, 1.165) is 11.1 Å². The zero-order valence-corrected chi connectivity index (χ0v) is 17.1. The first-order valence-corrected chi connectivity index (χ1v) is 10.0. The van der Waals surface area contributed by atoms with Crippen molar-refractivity contribution in [2.45, 2.75) is 19.8 Å². The molecule has 4 rings (SSSR count). The molecule has 10 heteroatoms. The van der Waals surface area contributed by atoms with Gasteiger partial charge in [-0.2, -0.15) is 0 Å². The third kappa shape index (κ3) is 4.85. The van der Waals surface area contributed by atoms with Crippen LogP contribution in [-0.2, 0) is 11.2 Å². The first kappa shape index (κ1) is 20.5. The number of aromatic nitrogens is 3. The molecule has 0 unspecified atom stereocenters. The lowest BCUT2D eigenvalue weighted by Crippen LogP contribution is -2.49. The predicted octanol–water partition coefficient (Wildman–Crippen LogP) is 2.63. The van der Waals surface area contributed by atoms with Gasteiger partial charge >= 0.3 is 0 Å². The fraction of sp³-hybridized carbons (Fsp3) is 0.333. The van der Waals surface area contributed by atoms with Crippen molar-refractivity contribution in [3.05, 3.63) is 64.2 Å². The molecule has 1 aliphatic heterocycles. The van der Waals surface area contributed by atoms with Crippen molar-refractivity contribution in [1.29, 1.82) is 0 Å². The Hall–Kier alpha value is -3.82. The molecule has 0 saturated carbocycles. The molecule has 1 saturated heterocycles. The van der Waals surface area contributed by atoms with Crippen LogP contribution in [0.4, 0.5) is 11.5 Å². The Morgan fingerprint density at radius 3 is 2.48 bits per heavy atom. The van der Waals surface area contributed by atoms with E-state index in [2.05, 4.69) is 15.2 Å². The van der Waals surface area contributed by atoms with Crippen LogP contribution in [-0.4, -0.2) is 57.1 Å². The van der Waals surface area contributed by atoms with Crippen LogP contribution in [0.25, 0.3) is 11.5 Å². The molecule has 1 fully saturated rings. The lowest BCUT2D eigenvalue weighted by Gasteiger charge is -2.35. The Morgan fingerprint density at radius 2 is 1.84 bits per heavy atom. The van der Waals surface area contributed by atoms with Crippen LogP contribution in [0.3, 0.4) is 0 Å². The number of hydrogen-bond acceptors (Lipinski definition) is 8. The Morgan fingerprint density at radius 1 is 1.10 bits per heavy atom. The molecule has 160 valence electrons. The first-order valence-electron chi connectivity index (χ1n) is 10.0. The maximum Gasteiger partial charge on any atom is 0.287 e. The fourth-order valence-corrected chi connectivity index (χ4v) is 3.40. The Kier molecular flexibility index (Phi) is 5.87. The van der Waals surface area contributed by atoms with Crippen molar-refractivity contribution in [3.8, 4) is 11.5 Å². The zero-order chi connectivity index (χ0) is 21.8. The second-order valence-electron chi connectivity index (χ2n) is 7.37. The number of anilines is 1. The standard InChI is InChI=1S/C21H22N6O4/c1-15-2-4-16(5-3-15)21-24-23-19(31-21)8-9-20(28)26-12-10-25(11-13-26)18-7-6-17(14-22-18)27(29)30/h2-7,14H,8-13H2,1H3. The number of pyridine rings is 1. The number of amides is 1. The van der Waals surface area contributed by atoms with E-state index in [1.165, 1.54) is 12.3 Å². The number of carbonyl (C=O) groups excluding carboxylic acids is 1. The second-order valence-corrected chi connectivity index (χ2v) is 7.37. The third-order valence-corrected chi connectivity index (χ3v) is 5.22. The van der Waals surface area contributed by atoms with Gasteiger partial charge in [-0.15, -0.1) is 10.2 Å². The van der Waals surface area contributed by atoms with Crippen molar-refractivity contribution in [1.82, 2.24) is 20.1 Å². The van der Waals surface area contributed by atoms with Gasteiger partial charge < -0.3 is 14.2 Å². The molecule has 3 aromatic rings. The maximum absolute atomic E-state index is 12.6. The molecule has 0 bridgehead atoms. The highest BCUT2D eigenvalue weighted by atomic mass is 16.6. The Balaban J connectivity index is 1.27. The van der Waals surface area contributed by atoms with E-state index in [-0.39, 0.29) is 11.6 Å². The summed E-state index contributed by atoms with van der Waals surface area (Å²) < 4.78 is 5.69. The summed E-state index contributed by atoms with van der Waals surface area (Å²) in [5.41, 5.74) is 1.97. The van der Waals surface area contributed by atoms with Gasteiger partial charge in [-0.3, -0.25) is 14.9 Å². The van der Waals surface area contributed by atoms with Gasteiger partial charge in [-0.05, 0) is 25.1 Å². The number of piperazine rings is 1. The Bertz CT molecular complexity index is 1060. The summed E-state index contributed by atoms with van der Waals surface area (Å²) in [5.74, 6) is 1.60. The smallest absolute Gasteiger partial charge is 0.287 e. The number of nitrogens with zero attached hydrogens (tertiary/aromatic N) is 6. The molecule has 0 N–H and O–H groups in total. The number of carbonyl (C=O) groups is 1. The van der Waals surface area contributed by atoms with Crippen LogP contribution in [0, 0.1) is 17.0 Å². The van der Waals surface area contributed by atoms with Crippen LogP contribution in [0.1, 0.15) is 17.9 Å². The summed E-state index contributed by atoms with van der Waals surface area (Å²) in [4.78, 5) is 30.8. The largest absolute Gasteiger partial charge is 0.421 e. The average Bonchev–Trinajstić information content (AvgIpc) is 3.27. The molecule has 0 radical (unpaired) electrons. The fourth-order valence-electron chi connectivity index (χ4n) is 3.40. The normalized spacial score (nSPS) is 14.0. The highest BCUT2D eigenvalue weighted by Crippen LogP contribution is 2.20. The van der Waals surface area contributed by atoms with Gasteiger partial charge in [0.05, 0.1) is 4.92 Å². The molecule has 3 heterocycles. The summed E-state index contributed by atoms with van der Waals surface area (Å²) in [7, 11) is 0. The quantitative estimate of drug-likeness (QED) is 0.439. The van der Waals surface area contributed by atoms with Gasteiger partial charge in [-0.1, -0.05) is 17.7 Å². The highest BCUT2D eigenvalue weighted by molar-refractivity contribution is 5.76. The van der Waals surface area contributed by atoms with Crippen LogP contribution in [0.15, 0.2) is 47.0 Å². The molecular formula is C21H22N6O4. The molecule has 1 amide bonds. The van der Waals surface area contributed by atoms with Crippen molar-refractivity contribution >= 4 is 17.4 Å². The number of benzene rings is 1. The van der Waals surface area contributed by atoms with Crippen molar-refractivity contribution in [2.24, 2.45) is 0 Å². The average molecular weight is 422 g/mol. The number of aryl methyl sites for hydroxylation is 2. The minimum absolute atomic E-state index is 0.0337. The van der Waals surface area contributed by atoms with E-state index in [1.54, 1.807) is 11.0 Å². The van der Waals surface area contributed by atoms with Gasteiger partial charge in [-0.25, -0.2) is 4.98 Å². The summed E-state index contributed by atoms with van der Waals surface area (Å²) in [6.07, 6.45) is 1.94. The zero-order valence-electron chi connectivity index (χ0n) is 17.1. The minimum Gasteiger partial charge on any atom is -0.421 e. The maximum atomic E-state index is 12.6. The molecule has 0 atom stereocenters. The van der Waals surface area contributed by atoms with Crippen LogP contribution >= 0.6 is 0 Å². The third-order valence-electron chi connectivity index (χ3n) is 5.22. The number of hydrogen-bond donors (Lipinski definition) is 0. The number of rotatable bonds is 6. The van der Waals surface area contributed by atoms with Crippen LogP contribution < -0.4 is 4.90 Å². The molecular weight excluding hydrogens is 400 g/mol. The van der Waals surface area contributed by atoms with Gasteiger partial charge in [0.15, 0.2) is 0 Å². The van der Waals surface area contributed by atoms with Crippen molar-refractivity contribution in [3.63, 3.8) is 0 Å². The second kappa shape index (κ2) is 8.90. The SMILES string of the molecule is Cc1ccc(-c2nnc(CCC(=O)N3CCN(c4ccc([N+](=O)[O-])cn4)CC3)o2)cc1. The molecule has 2 aromatic heterocycles. The van der Waals surface area contributed by atoms with E-state index in [9.17, 15) is 14.9 Å². The predicted molar refractivity (Wildman–Crippen MR) is 112 cm³/mol. The molecule has 10 nitrogen and oxygen atoms in total. The topological polar surface area (TPSA) is 118 Å². The van der Waals surface area contributed by atoms with Crippen LogP contribution in [0.5, 0.6) is 0 Å².